The van der Waals surface area contributed by atoms with Crippen molar-refractivity contribution in [3.8, 4) is 11.5 Å². The van der Waals surface area contributed by atoms with Gasteiger partial charge in [0.05, 0.1) is 14.2 Å². The van der Waals surface area contributed by atoms with Crippen molar-refractivity contribution in [2.24, 2.45) is 0 Å². The van der Waals surface area contributed by atoms with Crippen molar-refractivity contribution in [1.29, 1.82) is 0 Å². The minimum absolute atomic E-state index is 0.663. The number of ether oxygens (including phenoxy) is 2. The summed E-state index contributed by atoms with van der Waals surface area (Å²) in [6.07, 6.45) is 2.53. The number of benzene rings is 1. The molecule has 0 saturated carbocycles. The van der Waals surface area contributed by atoms with Gasteiger partial charge in [-0.05, 0) is 6.07 Å². The molecule has 66 valence electrons. The van der Waals surface area contributed by atoms with Crippen molar-refractivity contribution in [1.82, 2.24) is 0 Å². The first-order valence-electron chi connectivity index (χ1n) is 3.79. The van der Waals surface area contributed by atoms with E-state index in [0.717, 1.165) is 5.39 Å². The van der Waals surface area contributed by atoms with Gasteiger partial charge in [0.1, 0.15) is 23.1 Å². The Balaban J connectivity index is 2.70. The van der Waals surface area contributed by atoms with Crippen molar-refractivity contribution >= 4 is 11.0 Å². The summed E-state index contributed by atoms with van der Waals surface area (Å²) in [4.78, 5) is 0. The molecule has 0 radical (unpaired) electrons. The van der Waals surface area contributed by atoms with E-state index in [0.29, 0.717) is 17.1 Å². The Labute approximate surface area is 75.9 Å². The van der Waals surface area contributed by atoms with Gasteiger partial charge in [0, 0.05) is 12.1 Å². The van der Waals surface area contributed by atoms with Gasteiger partial charge < -0.3 is 13.9 Å². The second kappa shape index (κ2) is 2.91. The van der Waals surface area contributed by atoms with Crippen molar-refractivity contribution in [3.63, 3.8) is 0 Å². The molecule has 3 heteroatoms. The van der Waals surface area contributed by atoms with Gasteiger partial charge in [-0.25, -0.2) is 0 Å². The fourth-order valence-electron chi connectivity index (χ4n) is 1.18. The van der Waals surface area contributed by atoms with Gasteiger partial charge in [-0.2, -0.15) is 0 Å². The van der Waals surface area contributed by atoms with Gasteiger partial charge in [0.15, 0.2) is 5.58 Å². The first-order valence-corrected chi connectivity index (χ1v) is 3.79. The smallest absolute Gasteiger partial charge is 0.163 e. The van der Waals surface area contributed by atoms with Crippen LogP contribution in [0.15, 0.2) is 16.5 Å². The Morgan fingerprint density at radius 1 is 1.23 bits per heavy atom. The Bertz CT molecular complexity index is 417. The zero-order chi connectivity index (χ0) is 9.26. The van der Waals surface area contributed by atoms with Crippen LogP contribution in [-0.2, 0) is 0 Å². The average Bonchev–Trinajstić information content (AvgIpc) is 2.63. The highest BCUT2D eigenvalue weighted by molar-refractivity contribution is 5.83. The molecule has 13 heavy (non-hydrogen) atoms. The SMILES string of the molecule is COc1cc(OC)c2c#coc2c1. The molecule has 0 unspecified atom stereocenters. The molecule has 0 fully saturated rings. The van der Waals surface area contributed by atoms with Crippen LogP contribution in [0.4, 0.5) is 0 Å². The number of rotatable bonds is 2. The molecule has 1 heterocycles. The number of fused-ring (bicyclic) bond motifs is 1. The Morgan fingerprint density at radius 3 is 2.77 bits per heavy atom. The van der Waals surface area contributed by atoms with Crippen LogP contribution in [0.3, 0.4) is 0 Å². The molecule has 0 atom stereocenters. The lowest BCUT2D eigenvalue weighted by Crippen LogP contribution is -1.86. The molecule has 0 N–H and O–H groups in total. The third-order valence-corrected chi connectivity index (χ3v) is 1.83. The predicted molar refractivity (Wildman–Crippen MR) is 47.0 cm³/mol. The maximum Gasteiger partial charge on any atom is 0.163 e. The second-order valence-electron chi connectivity index (χ2n) is 2.53. The van der Waals surface area contributed by atoms with E-state index in [2.05, 4.69) is 12.3 Å². The van der Waals surface area contributed by atoms with Crippen LogP contribution in [0.25, 0.3) is 11.0 Å². The second-order valence-corrected chi connectivity index (χ2v) is 2.53. The van der Waals surface area contributed by atoms with Crippen LogP contribution in [0.1, 0.15) is 0 Å². The highest BCUT2D eigenvalue weighted by Gasteiger charge is 2.06. The Morgan fingerprint density at radius 2 is 2.08 bits per heavy atom. The Kier molecular flexibility index (Phi) is 1.75. The van der Waals surface area contributed by atoms with E-state index in [-0.39, 0.29) is 0 Å². The van der Waals surface area contributed by atoms with Gasteiger partial charge in [-0.3, -0.25) is 0 Å². The van der Waals surface area contributed by atoms with Gasteiger partial charge in [-0.15, -0.1) is 0 Å². The zero-order valence-corrected chi connectivity index (χ0v) is 7.38. The lowest BCUT2D eigenvalue weighted by molar-refractivity contribution is 0.397. The molecule has 0 aliphatic heterocycles. The molecule has 0 spiro atoms. The minimum atomic E-state index is 0.663. The van der Waals surface area contributed by atoms with E-state index in [9.17, 15) is 0 Å². The summed E-state index contributed by atoms with van der Waals surface area (Å²) in [6, 6.07) is 6.37. The highest BCUT2D eigenvalue weighted by Crippen LogP contribution is 2.29. The van der Waals surface area contributed by atoms with Crippen LogP contribution in [0, 0.1) is 12.3 Å². The maximum atomic E-state index is 5.14. The normalized spacial score (nSPS) is 9.69. The minimum Gasteiger partial charge on any atom is -0.496 e. The molecule has 0 aliphatic rings. The summed E-state index contributed by atoms with van der Waals surface area (Å²) >= 11 is 0. The van der Waals surface area contributed by atoms with Crippen LogP contribution >= 0.6 is 0 Å². The molecule has 0 amide bonds. The monoisotopic (exact) mass is 176 g/mol. The summed E-state index contributed by atoms with van der Waals surface area (Å²) in [5.41, 5.74) is 0.663. The molecule has 2 aromatic rings. The van der Waals surface area contributed by atoms with Gasteiger partial charge >= 0.3 is 0 Å². The van der Waals surface area contributed by atoms with E-state index in [1.54, 1.807) is 26.4 Å². The maximum absolute atomic E-state index is 5.14. The molecule has 3 nitrogen and oxygen atoms in total. The first kappa shape index (κ1) is 7.81. The van der Waals surface area contributed by atoms with Crippen molar-refractivity contribution in [2.75, 3.05) is 14.2 Å². The van der Waals surface area contributed by atoms with Gasteiger partial charge in [-0.1, -0.05) is 0 Å². The summed E-state index contributed by atoms with van der Waals surface area (Å²) in [6.45, 7) is 0. The van der Waals surface area contributed by atoms with Gasteiger partial charge in [0.2, 0.25) is 0 Å². The molecule has 0 saturated heterocycles. The third kappa shape index (κ3) is 1.17. The summed E-state index contributed by atoms with van der Waals surface area (Å²) in [7, 11) is 3.19. The van der Waals surface area contributed by atoms with Crippen LogP contribution in [-0.4, -0.2) is 14.2 Å². The largest absolute Gasteiger partial charge is 0.496 e. The summed E-state index contributed by atoms with van der Waals surface area (Å²) < 4.78 is 15.3. The molecule has 0 aliphatic carbocycles. The quantitative estimate of drug-likeness (QED) is 0.701. The topological polar surface area (TPSA) is 31.6 Å². The molecule has 0 bridgehead atoms. The van der Waals surface area contributed by atoms with Crippen LogP contribution in [0.5, 0.6) is 11.5 Å². The number of methoxy groups -OCH3 is 2. The third-order valence-electron chi connectivity index (χ3n) is 1.83. The molecule has 1 aromatic heterocycles. The van der Waals surface area contributed by atoms with Crippen molar-refractivity contribution in [3.05, 3.63) is 24.5 Å². The number of hydrogen-bond donors (Lipinski definition) is 0. The average molecular weight is 176 g/mol. The Hall–Kier alpha value is -1.82. The van der Waals surface area contributed by atoms with Gasteiger partial charge in [0.25, 0.3) is 0 Å². The fourth-order valence-corrected chi connectivity index (χ4v) is 1.18. The first-order chi connectivity index (χ1) is 6.35. The lowest BCUT2D eigenvalue weighted by atomic mass is 10.2. The highest BCUT2D eigenvalue weighted by atomic mass is 16.5. The standard InChI is InChI=1S/C10H8O3/c1-11-7-5-9(12-2)8-3-4-13-10(8)6-7/h5-6H,1-2H3. The van der Waals surface area contributed by atoms with E-state index in [4.69, 9.17) is 13.9 Å². The van der Waals surface area contributed by atoms with Crippen molar-refractivity contribution in [2.45, 2.75) is 0 Å². The molecular weight excluding hydrogens is 168 g/mol. The van der Waals surface area contributed by atoms with Crippen LogP contribution < -0.4 is 9.47 Å². The predicted octanol–water partition coefficient (Wildman–Crippen LogP) is 2.05. The van der Waals surface area contributed by atoms with E-state index < -0.39 is 0 Å². The lowest BCUT2D eigenvalue weighted by Gasteiger charge is -2.03. The van der Waals surface area contributed by atoms with Crippen molar-refractivity contribution < 1.29 is 13.9 Å². The van der Waals surface area contributed by atoms with E-state index >= 15 is 0 Å². The zero-order valence-electron chi connectivity index (χ0n) is 7.38. The summed E-state index contributed by atoms with van der Waals surface area (Å²) in [5, 5.41) is 0.781. The molecule has 1 aromatic carbocycles. The summed E-state index contributed by atoms with van der Waals surface area (Å²) in [5.74, 6) is 1.38. The number of hydrogen-bond acceptors (Lipinski definition) is 3. The fraction of sp³-hybridized carbons (Fsp3) is 0.200. The molecular formula is C10H8O3. The molecule has 2 rings (SSSR count). The van der Waals surface area contributed by atoms with Crippen LogP contribution in [0.2, 0.25) is 0 Å². The van der Waals surface area contributed by atoms with E-state index in [1.807, 2.05) is 0 Å². The van der Waals surface area contributed by atoms with E-state index in [1.165, 1.54) is 0 Å².